The van der Waals surface area contributed by atoms with Gasteiger partial charge in [0.1, 0.15) is 11.3 Å². The Bertz CT molecular complexity index is 2470. The van der Waals surface area contributed by atoms with E-state index in [-0.39, 0.29) is 21.1 Å². The number of hydrogen-bond acceptors (Lipinski definition) is 5. The van der Waals surface area contributed by atoms with Gasteiger partial charge in [-0.1, -0.05) is 88.3 Å². The predicted molar refractivity (Wildman–Crippen MR) is 159 cm³/mol. The Morgan fingerprint density at radius 1 is 0.548 bits per heavy atom. The molecule has 7 nitrogen and oxygen atoms in total. The van der Waals surface area contributed by atoms with Crippen molar-refractivity contribution in [1.29, 1.82) is 0 Å². The van der Waals surface area contributed by atoms with Gasteiger partial charge < -0.3 is 13.5 Å². The Kier molecular flexibility index (Phi) is 5.56. The van der Waals surface area contributed by atoms with Gasteiger partial charge in [0.05, 0.1) is 17.0 Å². The van der Waals surface area contributed by atoms with E-state index in [9.17, 15) is 0 Å². The fourth-order valence-electron chi connectivity index (χ4n) is 5.71. The largest absolute Gasteiger partial charge is 2.00 e. The average Bonchev–Trinajstić information content (AvgIpc) is 3.71. The van der Waals surface area contributed by atoms with Crippen molar-refractivity contribution in [2.45, 2.75) is 0 Å². The quantitative estimate of drug-likeness (QED) is 0.140. The van der Waals surface area contributed by atoms with E-state index >= 15 is 0 Å². The van der Waals surface area contributed by atoms with Crippen LogP contribution in [-0.4, -0.2) is 28.7 Å². The number of aromatic nitrogens is 6. The van der Waals surface area contributed by atoms with E-state index in [1.165, 1.54) is 0 Å². The van der Waals surface area contributed by atoms with Crippen molar-refractivity contribution in [2.24, 2.45) is 0 Å². The van der Waals surface area contributed by atoms with Crippen molar-refractivity contribution in [1.82, 2.24) is 28.7 Å². The van der Waals surface area contributed by atoms with Crippen LogP contribution < -0.4 is 4.74 Å². The molecule has 0 N–H and O–H groups in total. The van der Waals surface area contributed by atoms with E-state index in [1.54, 1.807) is 12.4 Å². The zero-order valence-electron chi connectivity index (χ0n) is 21.8. The monoisotopic (exact) mass is 721 g/mol. The van der Waals surface area contributed by atoms with Gasteiger partial charge in [-0.2, -0.15) is 0 Å². The maximum atomic E-state index is 6.37. The number of pyridine rings is 4. The van der Waals surface area contributed by atoms with Crippen LogP contribution in [0, 0.1) is 12.1 Å². The molecule has 0 spiro atoms. The van der Waals surface area contributed by atoms with Crippen LogP contribution in [0.15, 0.2) is 110 Å². The molecule has 0 unspecified atom stereocenters. The first kappa shape index (κ1) is 24.6. The SMILES string of the molecule is [Pt+2].[c-]1c(Oc2[c-]c3c(cc2)c2cccnc2n2cc(-c4ccccc4)nc32)ccc2c1c1nccn1c1ncccc21. The fraction of sp³-hybridized carbons (Fsp3) is 0. The van der Waals surface area contributed by atoms with Crippen LogP contribution in [0.1, 0.15) is 0 Å². The summed E-state index contributed by atoms with van der Waals surface area (Å²) in [4.78, 5) is 18.9. The molecule has 0 radical (unpaired) electrons. The van der Waals surface area contributed by atoms with E-state index in [2.05, 4.69) is 57.4 Å². The van der Waals surface area contributed by atoms with Crippen LogP contribution >= 0.6 is 0 Å². The summed E-state index contributed by atoms with van der Waals surface area (Å²) in [5.74, 6) is 1.15. The molecule has 0 fully saturated rings. The minimum atomic E-state index is 0. The minimum absolute atomic E-state index is 0. The molecule has 0 saturated carbocycles. The third-order valence-electron chi connectivity index (χ3n) is 7.53. The summed E-state index contributed by atoms with van der Waals surface area (Å²) < 4.78 is 10.4. The van der Waals surface area contributed by atoms with Crippen LogP contribution in [-0.2, 0) is 21.1 Å². The molecule has 0 amide bonds. The van der Waals surface area contributed by atoms with Gasteiger partial charge in [0.2, 0.25) is 0 Å². The Morgan fingerprint density at radius 2 is 1.17 bits per heavy atom. The Labute approximate surface area is 253 Å². The van der Waals surface area contributed by atoms with Gasteiger partial charge >= 0.3 is 21.1 Å². The maximum Gasteiger partial charge on any atom is 2.00 e. The molecule has 6 heterocycles. The number of rotatable bonds is 3. The molecule has 0 bridgehead atoms. The van der Waals surface area contributed by atoms with Crippen molar-refractivity contribution in [2.75, 3.05) is 0 Å². The molecule has 200 valence electrons. The van der Waals surface area contributed by atoms with Crippen LogP contribution in [0.5, 0.6) is 11.5 Å². The third-order valence-corrected chi connectivity index (χ3v) is 7.53. The number of hydrogen-bond donors (Lipinski definition) is 0. The molecule has 0 saturated heterocycles. The molecule has 42 heavy (non-hydrogen) atoms. The average molecular weight is 722 g/mol. The molecule has 9 rings (SSSR count). The van der Waals surface area contributed by atoms with Crippen LogP contribution in [0.25, 0.3) is 66.2 Å². The summed E-state index contributed by atoms with van der Waals surface area (Å²) in [6.07, 6.45) is 9.33. The molecule has 6 aromatic heterocycles. The van der Waals surface area contributed by atoms with Crippen molar-refractivity contribution >= 4 is 54.9 Å². The summed E-state index contributed by atoms with van der Waals surface area (Å²) in [7, 11) is 0. The number of ether oxygens (including phenoxy) is 1. The number of nitrogens with zero attached hydrogens (tertiary/aromatic N) is 6. The van der Waals surface area contributed by atoms with Gasteiger partial charge in [0, 0.05) is 48.0 Å². The zero-order chi connectivity index (χ0) is 26.9. The van der Waals surface area contributed by atoms with Crippen molar-refractivity contribution in [3.8, 4) is 22.8 Å². The first-order valence-corrected chi connectivity index (χ1v) is 13.2. The molecule has 8 heteroatoms. The standard InChI is InChI=1S/C34H18N6O.Pt/c1-2-6-21(7-3-1)30-20-40-32-27(9-5-15-36-32)25-13-11-23(19-29(25)34(40)38-30)41-22-10-12-24-26-8-4-14-35-31(26)39-17-16-37-33(39)28(24)18-22;/h1-17,20H;/q-2;+2. The summed E-state index contributed by atoms with van der Waals surface area (Å²) in [5, 5.41) is 5.82. The Balaban J connectivity index is 0.00000267. The molecule has 0 atom stereocenters. The smallest absolute Gasteiger partial charge is 0.497 e. The first-order chi connectivity index (χ1) is 20.3. The molecular formula is C34H18N6OPt. The molecular weight excluding hydrogens is 703 g/mol. The second-order valence-electron chi connectivity index (χ2n) is 9.88. The van der Waals surface area contributed by atoms with Crippen LogP contribution in [0.2, 0.25) is 0 Å². The Morgan fingerprint density at radius 3 is 1.86 bits per heavy atom. The van der Waals surface area contributed by atoms with Gasteiger partial charge in [0.15, 0.2) is 0 Å². The van der Waals surface area contributed by atoms with Crippen molar-refractivity contribution in [3.63, 3.8) is 0 Å². The summed E-state index contributed by atoms with van der Waals surface area (Å²) >= 11 is 0. The molecule has 0 aliphatic carbocycles. The molecule has 0 aliphatic rings. The van der Waals surface area contributed by atoms with Crippen molar-refractivity contribution < 1.29 is 25.8 Å². The van der Waals surface area contributed by atoms with Crippen LogP contribution in [0.4, 0.5) is 0 Å². The van der Waals surface area contributed by atoms with E-state index in [4.69, 9.17) is 9.72 Å². The summed E-state index contributed by atoms with van der Waals surface area (Å²) in [6, 6.07) is 33.1. The van der Waals surface area contributed by atoms with E-state index in [0.717, 1.165) is 66.2 Å². The van der Waals surface area contributed by atoms with E-state index in [1.807, 2.05) is 75.9 Å². The van der Waals surface area contributed by atoms with E-state index < -0.39 is 0 Å². The zero-order valence-corrected chi connectivity index (χ0v) is 24.1. The van der Waals surface area contributed by atoms with Gasteiger partial charge in [-0.3, -0.25) is 9.97 Å². The minimum Gasteiger partial charge on any atom is -0.497 e. The normalized spacial score (nSPS) is 11.6. The van der Waals surface area contributed by atoms with E-state index in [0.29, 0.717) is 11.5 Å². The maximum absolute atomic E-state index is 6.37. The Hall–Kier alpha value is -5.13. The number of benzene rings is 3. The van der Waals surface area contributed by atoms with Gasteiger partial charge in [-0.15, -0.1) is 12.1 Å². The second-order valence-corrected chi connectivity index (χ2v) is 9.88. The number of imidazole rings is 2. The van der Waals surface area contributed by atoms with Gasteiger partial charge in [-0.25, -0.2) is 9.97 Å². The first-order valence-electron chi connectivity index (χ1n) is 13.2. The number of fused-ring (bicyclic) bond motifs is 12. The third kappa shape index (κ3) is 3.64. The van der Waals surface area contributed by atoms with Gasteiger partial charge in [0.25, 0.3) is 0 Å². The molecule has 9 aromatic rings. The van der Waals surface area contributed by atoms with Crippen LogP contribution in [0.3, 0.4) is 0 Å². The fourth-order valence-corrected chi connectivity index (χ4v) is 5.71. The van der Waals surface area contributed by atoms with Gasteiger partial charge in [-0.05, 0) is 22.9 Å². The van der Waals surface area contributed by atoms with Crippen molar-refractivity contribution in [3.05, 3.63) is 122 Å². The molecule has 0 aliphatic heterocycles. The predicted octanol–water partition coefficient (Wildman–Crippen LogP) is 7.44. The summed E-state index contributed by atoms with van der Waals surface area (Å²) in [5.41, 5.74) is 5.18. The molecule has 3 aromatic carbocycles. The second kappa shape index (κ2) is 9.47. The topological polar surface area (TPSA) is 69.6 Å². The summed E-state index contributed by atoms with van der Waals surface area (Å²) in [6.45, 7) is 0.